The quantitative estimate of drug-likeness (QED) is 0.571. The number of benzene rings is 2. The lowest BCUT2D eigenvalue weighted by Gasteiger charge is -2.20. The molecule has 0 spiro atoms. The second kappa shape index (κ2) is 8.47. The van der Waals surface area contributed by atoms with E-state index in [1.54, 1.807) is 36.4 Å². The summed E-state index contributed by atoms with van der Waals surface area (Å²) in [4.78, 5) is 4.71. The summed E-state index contributed by atoms with van der Waals surface area (Å²) < 4.78 is 38.6. The van der Waals surface area contributed by atoms with E-state index in [9.17, 15) is 8.42 Å². The molecule has 4 rings (SSSR count). The van der Waals surface area contributed by atoms with E-state index < -0.39 is 10.0 Å². The van der Waals surface area contributed by atoms with E-state index in [2.05, 4.69) is 10.1 Å². The first-order chi connectivity index (χ1) is 14.5. The van der Waals surface area contributed by atoms with E-state index in [1.807, 2.05) is 6.07 Å². The SMILES string of the molecule is COc1ccc(S(=O)(=O)N(C)c2ccccc2)cc1-c1noc(C2CCCCC2)n1. The molecule has 0 aliphatic heterocycles. The molecule has 0 unspecified atom stereocenters. The van der Waals surface area contributed by atoms with Crippen LogP contribution in [0.25, 0.3) is 11.4 Å². The molecule has 0 atom stereocenters. The number of hydrogen-bond donors (Lipinski definition) is 0. The molecule has 1 aliphatic carbocycles. The molecule has 1 saturated carbocycles. The molecular weight excluding hydrogens is 402 g/mol. The zero-order valence-corrected chi connectivity index (χ0v) is 17.9. The Morgan fingerprint density at radius 2 is 1.80 bits per heavy atom. The first-order valence-corrected chi connectivity index (χ1v) is 11.5. The van der Waals surface area contributed by atoms with Gasteiger partial charge in [-0.05, 0) is 43.2 Å². The first-order valence-electron chi connectivity index (χ1n) is 10.1. The minimum absolute atomic E-state index is 0.133. The molecule has 7 nitrogen and oxygen atoms in total. The molecule has 158 valence electrons. The van der Waals surface area contributed by atoms with E-state index >= 15 is 0 Å². The Morgan fingerprint density at radius 1 is 1.07 bits per heavy atom. The van der Waals surface area contributed by atoms with Gasteiger partial charge in [-0.2, -0.15) is 4.98 Å². The fourth-order valence-corrected chi connectivity index (χ4v) is 5.04. The van der Waals surface area contributed by atoms with Gasteiger partial charge in [0, 0.05) is 13.0 Å². The smallest absolute Gasteiger partial charge is 0.264 e. The Kier molecular flexibility index (Phi) is 5.76. The van der Waals surface area contributed by atoms with Gasteiger partial charge < -0.3 is 9.26 Å². The van der Waals surface area contributed by atoms with Gasteiger partial charge in [0.1, 0.15) is 5.75 Å². The van der Waals surface area contributed by atoms with Crippen molar-refractivity contribution in [2.75, 3.05) is 18.5 Å². The maximum absolute atomic E-state index is 13.2. The van der Waals surface area contributed by atoms with E-state index in [-0.39, 0.29) is 10.8 Å². The summed E-state index contributed by atoms with van der Waals surface area (Å²) in [6.45, 7) is 0. The standard InChI is InChI=1S/C22H25N3O4S/c1-25(17-11-7-4-8-12-17)30(26,27)18-13-14-20(28-2)19(15-18)21-23-22(29-24-21)16-9-5-3-6-10-16/h4,7-8,11-16H,3,5-6,9-10H2,1-2H3. The van der Waals surface area contributed by atoms with Gasteiger partial charge in [0.15, 0.2) is 0 Å². The summed E-state index contributed by atoms with van der Waals surface area (Å²) in [6, 6.07) is 13.6. The van der Waals surface area contributed by atoms with Crippen molar-refractivity contribution >= 4 is 15.7 Å². The molecule has 0 saturated heterocycles. The highest BCUT2D eigenvalue weighted by Crippen LogP contribution is 2.35. The van der Waals surface area contributed by atoms with Crippen LogP contribution in [0, 0.1) is 0 Å². The van der Waals surface area contributed by atoms with Gasteiger partial charge in [0.25, 0.3) is 10.0 Å². The van der Waals surface area contributed by atoms with Crippen LogP contribution in [0.2, 0.25) is 0 Å². The van der Waals surface area contributed by atoms with Crippen molar-refractivity contribution in [2.45, 2.75) is 42.9 Å². The van der Waals surface area contributed by atoms with Crippen molar-refractivity contribution in [2.24, 2.45) is 0 Å². The molecular formula is C22H25N3O4S. The third-order valence-electron chi connectivity index (χ3n) is 5.59. The summed E-state index contributed by atoms with van der Waals surface area (Å²) >= 11 is 0. The van der Waals surface area contributed by atoms with Crippen LogP contribution in [0.15, 0.2) is 57.9 Å². The zero-order valence-electron chi connectivity index (χ0n) is 17.1. The molecule has 0 N–H and O–H groups in total. The van der Waals surface area contributed by atoms with Crippen molar-refractivity contribution in [3.63, 3.8) is 0 Å². The van der Waals surface area contributed by atoms with Crippen molar-refractivity contribution in [1.29, 1.82) is 0 Å². The first kappa shape index (κ1) is 20.4. The molecule has 0 bridgehead atoms. The highest BCUT2D eigenvalue weighted by molar-refractivity contribution is 7.92. The third-order valence-corrected chi connectivity index (χ3v) is 7.37. The van der Waals surface area contributed by atoms with Crippen LogP contribution in [0.4, 0.5) is 5.69 Å². The molecule has 3 aromatic rings. The van der Waals surface area contributed by atoms with Crippen LogP contribution in [0.3, 0.4) is 0 Å². The van der Waals surface area contributed by atoms with Gasteiger partial charge >= 0.3 is 0 Å². The van der Waals surface area contributed by atoms with Crippen molar-refractivity contribution in [3.05, 3.63) is 54.4 Å². The Balaban J connectivity index is 1.70. The maximum Gasteiger partial charge on any atom is 0.264 e. The molecule has 0 radical (unpaired) electrons. The Labute approximate surface area is 176 Å². The number of aromatic nitrogens is 2. The van der Waals surface area contributed by atoms with Crippen LogP contribution in [0.5, 0.6) is 5.75 Å². The lowest BCUT2D eigenvalue weighted by molar-refractivity contribution is 0.314. The lowest BCUT2D eigenvalue weighted by atomic mass is 9.89. The van der Waals surface area contributed by atoms with Crippen molar-refractivity contribution in [3.8, 4) is 17.1 Å². The van der Waals surface area contributed by atoms with Gasteiger partial charge in [0.05, 0.1) is 23.3 Å². The molecule has 2 aromatic carbocycles. The van der Waals surface area contributed by atoms with E-state index in [1.165, 1.54) is 30.9 Å². The summed E-state index contributed by atoms with van der Waals surface area (Å²) in [7, 11) is -0.705. The molecule has 1 heterocycles. The molecule has 0 amide bonds. The van der Waals surface area contributed by atoms with Crippen LogP contribution in [-0.4, -0.2) is 32.7 Å². The van der Waals surface area contributed by atoms with Crippen LogP contribution in [0.1, 0.15) is 43.9 Å². The average Bonchev–Trinajstić information content (AvgIpc) is 3.29. The normalized spacial score (nSPS) is 15.1. The predicted molar refractivity (Wildman–Crippen MR) is 114 cm³/mol. The van der Waals surface area contributed by atoms with Gasteiger partial charge in [-0.3, -0.25) is 4.31 Å². The summed E-state index contributed by atoms with van der Waals surface area (Å²) in [5.41, 5.74) is 1.07. The number of rotatable bonds is 6. The van der Waals surface area contributed by atoms with Crippen LogP contribution < -0.4 is 9.04 Å². The van der Waals surface area contributed by atoms with Gasteiger partial charge in [0.2, 0.25) is 11.7 Å². The topological polar surface area (TPSA) is 85.5 Å². The minimum Gasteiger partial charge on any atom is -0.496 e. The number of anilines is 1. The number of methoxy groups -OCH3 is 1. The number of ether oxygens (including phenoxy) is 1. The summed E-state index contributed by atoms with van der Waals surface area (Å²) in [5.74, 6) is 1.71. The second-order valence-electron chi connectivity index (χ2n) is 7.46. The molecule has 1 aliphatic rings. The fraction of sp³-hybridized carbons (Fsp3) is 0.364. The minimum atomic E-state index is -3.77. The van der Waals surface area contributed by atoms with Crippen LogP contribution >= 0.6 is 0 Å². The van der Waals surface area contributed by atoms with Gasteiger partial charge in [-0.25, -0.2) is 8.42 Å². The average molecular weight is 428 g/mol. The van der Waals surface area contributed by atoms with Crippen molar-refractivity contribution in [1.82, 2.24) is 10.1 Å². The lowest BCUT2D eigenvalue weighted by Crippen LogP contribution is -2.26. The fourth-order valence-electron chi connectivity index (χ4n) is 3.82. The Hall–Kier alpha value is -2.87. The third kappa shape index (κ3) is 3.92. The number of sulfonamides is 1. The van der Waals surface area contributed by atoms with Gasteiger partial charge in [-0.15, -0.1) is 0 Å². The van der Waals surface area contributed by atoms with E-state index in [4.69, 9.17) is 9.26 Å². The van der Waals surface area contributed by atoms with Crippen molar-refractivity contribution < 1.29 is 17.7 Å². The number of nitrogens with zero attached hydrogens (tertiary/aromatic N) is 3. The molecule has 1 fully saturated rings. The highest BCUT2D eigenvalue weighted by atomic mass is 32.2. The van der Waals surface area contributed by atoms with E-state index in [0.717, 1.165) is 25.7 Å². The number of hydrogen-bond acceptors (Lipinski definition) is 6. The molecule has 8 heteroatoms. The van der Waals surface area contributed by atoms with Crippen LogP contribution in [-0.2, 0) is 10.0 Å². The Morgan fingerprint density at radius 3 is 2.50 bits per heavy atom. The van der Waals surface area contributed by atoms with Gasteiger partial charge in [-0.1, -0.05) is 42.6 Å². The largest absolute Gasteiger partial charge is 0.496 e. The Bertz CT molecular complexity index is 1110. The second-order valence-corrected chi connectivity index (χ2v) is 9.43. The zero-order chi connectivity index (χ0) is 21.1. The number of para-hydroxylation sites is 1. The van der Waals surface area contributed by atoms with E-state index in [0.29, 0.717) is 28.7 Å². The maximum atomic E-state index is 13.2. The molecule has 1 aromatic heterocycles. The predicted octanol–water partition coefficient (Wildman–Crippen LogP) is 4.62. The highest BCUT2D eigenvalue weighted by Gasteiger charge is 2.26. The monoisotopic (exact) mass is 427 g/mol. The summed E-state index contributed by atoms with van der Waals surface area (Å²) in [6.07, 6.45) is 5.63. The summed E-state index contributed by atoms with van der Waals surface area (Å²) in [5, 5.41) is 4.12. The molecule has 30 heavy (non-hydrogen) atoms.